The second kappa shape index (κ2) is 11.2. The second-order valence-electron chi connectivity index (χ2n) is 6.16. The predicted octanol–water partition coefficient (Wildman–Crippen LogP) is 4.95. The molecule has 0 N–H and O–H groups in total. The Balaban J connectivity index is 2.86. The first-order valence-corrected chi connectivity index (χ1v) is 8.97. The van der Waals surface area contributed by atoms with E-state index in [1.807, 2.05) is 12.1 Å². The summed E-state index contributed by atoms with van der Waals surface area (Å²) in [7, 11) is 1.65. The largest absolute Gasteiger partial charge is 0.456 e. The van der Waals surface area contributed by atoms with Crippen molar-refractivity contribution >= 4 is 5.97 Å². The molecule has 0 radical (unpaired) electrons. The second-order valence-corrected chi connectivity index (χ2v) is 6.16. The van der Waals surface area contributed by atoms with Gasteiger partial charge in [-0.1, -0.05) is 46.1 Å². The molecular weight excluding hydrogens is 288 g/mol. The highest BCUT2D eigenvalue weighted by Crippen LogP contribution is 2.17. The minimum Gasteiger partial charge on any atom is -0.456 e. The highest BCUT2D eigenvalue weighted by Gasteiger charge is 2.16. The molecule has 0 saturated heterocycles. The number of rotatable bonds is 11. The molecule has 130 valence electrons. The van der Waals surface area contributed by atoms with Crippen LogP contribution in [0.5, 0.6) is 0 Å². The van der Waals surface area contributed by atoms with Gasteiger partial charge in [-0.05, 0) is 48.9 Å². The van der Waals surface area contributed by atoms with Gasteiger partial charge in [-0.3, -0.25) is 0 Å². The van der Waals surface area contributed by atoms with Crippen LogP contribution in [0.4, 0.5) is 0 Å². The van der Waals surface area contributed by atoms with Gasteiger partial charge in [0.25, 0.3) is 0 Å². The van der Waals surface area contributed by atoms with Gasteiger partial charge in [-0.15, -0.1) is 0 Å². The van der Waals surface area contributed by atoms with E-state index in [2.05, 4.69) is 26.8 Å². The summed E-state index contributed by atoms with van der Waals surface area (Å²) in [6.45, 7) is 6.91. The van der Waals surface area contributed by atoms with Gasteiger partial charge in [0, 0.05) is 7.11 Å². The first kappa shape index (κ1) is 19.7. The van der Waals surface area contributed by atoms with Gasteiger partial charge < -0.3 is 9.47 Å². The lowest BCUT2D eigenvalue weighted by atomic mass is 10.00. The van der Waals surface area contributed by atoms with Crippen molar-refractivity contribution in [3.05, 3.63) is 34.9 Å². The van der Waals surface area contributed by atoms with Crippen molar-refractivity contribution in [2.24, 2.45) is 0 Å². The van der Waals surface area contributed by atoms with E-state index < -0.39 is 0 Å². The van der Waals surface area contributed by atoms with E-state index in [1.165, 1.54) is 11.1 Å². The summed E-state index contributed by atoms with van der Waals surface area (Å²) in [4.78, 5) is 12.5. The Morgan fingerprint density at radius 2 is 1.61 bits per heavy atom. The summed E-state index contributed by atoms with van der Waals surface area (Å²) in [5.74, 6) is -0.224. The molecule has 0 heterocycles. The molecule has 0 aliphatic carbocycles. The fourth-order valence-corrected chi connectivity index (χ4v) is 2.76. The maximum atomic E-state index is 12.5. The van der Waals surface area contributed by atoms with Crippen LogP contribution < -0.4 is 0 Å². The molecule has 0 saturated carbocycles. The molecule has 0 bridgehead atoms. The fourth-order valence-electron chi connectivity index (χ4n) is 2.76. The summed E-state index contributed by atoms with van der Waals surface area (Å²) >= 11 is 0. The first-order valence-electron chi connectivity index (χ1n) is 8.97. The number of aryl methyl sites for hydroxylation is 2. The fraction of sp³-hybridized carbons (Fsp3) is 0.650. The molecule has 1 aromatic carbocycles. The maximum Gasteiger partial charge on any atom is 0.338 e. The first-order chi connectivity index (χ1) is 11.1. The molecule has 1 atom stereocenters. The normalized spacial score (nSPS) is 12.2. The van der Waals surface area contributed by atoms with Crippen molar-refractivity contribution < 1.29 is 14.3 Å². The van der Waals surface area contributed by atoms with Gasteiger partial charge in [-0.2, -0.15) is 0 Å². The number of hydrogen-bond acceptors (Lipinski definition) is 3. The number of hydrogen-bond donors (Lipinski definition) is 0. The third kappa shape index (κ3) is 7.17. The third-order valence-electron chi connectivity index (χ3n) is 3.87. The highest BCUT2D eigenvalue weighted by atomic mass is 16.6. The zero-order valence-corrected chi connectivity index (χ0v) is 15.2. The van der Waals surface area contributed by atoms with Crippen LogP contribution in [0.25, 0.3) is 0 Å². The van der Waals surface area contributed by atoms with E-state index in [4.69, 9.17) is 9.47 Å². The third-order valence-corrected chi connectivity index (χ3v) is 3.87. The van der Waals surface area contributed by atoms with Crippen molar-refractivity contribution in [1.82, 2.24) is 0 Å². The monoisotopic (exact) mass is 320 g/mol. The van der Waals surface area contributed by atoms with Crippen molar-refractivity contribution in [2.75, 3.05) is 13.7 Å². The molecule has 0 aliphatic heterocycles. The lowest BCUT2D eigenvalue weighted by Crippen LogP contribution is -2.23. The molecule has 0 aromatic heterocycles. The number of benzene rings is 1. The minimum atomic E-state index is -0.224. The Hall–Kier alpha value is -1.35. The number of methoxy groups -OCH3 is 1. The topological polar surface area (TPSA) is 35.5 Å². The number of unbranched alkanes of at least 4 members (excludes halogenated alkanes) is 1. The van der Waals surface area contributed by atoms with E-state index in [9.17, 15) is 4.79 Å². The smallest absolute Gasteiger partial charge is 0.338 e. The van der Waals surface area contributed by atoms with E-state index in [0.29, 0.717) is 12.2 Å². The SMILES string of the molecule is CCCCC(COC)OC(=O)c1cc(CCC)cc(CCC)c1. The van der Waals surface area contributed by atoms with Crippen LogP contribution in [-0.2, 0) is 22.3 Å². The summed E-state index contributed by atoms with van der Waals surface area (Å²) in [5.41, 5.74) is 3.13. The Labute approximate surface area is 141 Å². The number of esters is 1. The molecule has 0 amide bonds. The average molecular weight is 320 g/mol. The highest BCUT2D eigenvalue weighted by molar-refractivity contribution is 5.90. The number of carbonyl (C=O) groups excluding carboxylic acids is 1. The quantitative estimate of drug-likeness (QED) is 0.541. The summed E-state index contributed by atoms with van der Waals surface area (Å²) in [6, 6.07) is 6.18. The van der Waals surface area contributed by atoms with E-state index in [0.717, 1.165) is 44.9 Å². The molecule has 3 nitrogen and oxygen atoms in total. The van der Waals surface area contributed by atoms with Gasteiger partial charge in [0.05, 0.1) is 12.2 Å². The van der Waals surface area contributed by atoms with Crippen molar-refractivity contribution in [1.29, 1.82) is 0 Å². The van der Waals surface area contributed by atoms with Crippen LogP contribution in [0.2, 0.25) is 0 Å². The van der Waals surface area contributed by atoms with Gasteiger partial charge in [-0.25, -0.2) is 4.79 Å². The van der Waals surface area contributed by atoms with E-state index >= 15 is 0 Å². The molecule has 0 aliphatic rings. The molecule has 0 fully saturated rings. The van der Waals surface area contributed by atoms with Gasteiger partial charge in [0.1, 0.15) is 6.10 Å². The Morgan fingerprint density at radius 3 is 2.09 bits per heavy atom. The van der Waals surface area contributed by atoms with E-state index in [-0.39, 0.29) is 12.1 Å². The molecular formula is C20H32O3. The van der Waals surface area contributed by atoms with Gasteiger partial charge >= 0.3 is 5.97 Å². The Morgan fingerprint density at radius 1 is 1.00 bits per heavy atom. The maximum absolute atomic E-state index is 12.5. The molecule has 1 rings (SSSR count). The van der Waals surface area contributed by atoms with Crippen LogP contribution in [0, 0.1) is 0 Å². The number of carbonyl (C=O) groups is 1. The molecule has 0 spiro atoms. The van der Waals surface area contributed by atoms with Gasteiger partial charge in [0.2, 0.25) is 0 Å². The molecule has 3 heteroatoms. The van der Waals surface area contributed by atoms with Crippen LogP contribution in [0.1, 0.15) is 74.4 Å². The lowest BCUT2D eigenvalue weighted by Gasteiger charge is -2.17. The summed E-state index contributed by atoms with van der Waals surface area (Å²) in [5, 5.41) is 0. The molecule has 1 aromatic rings. The average Bonchev–Trinajstić information content (AvgIpc) is 2.53. The summed E-state index contributed by atoms with van der Waals surface area (Å²) in [6.07, 6.45) is 6.97. The zero-order valence-electron chi connectivity index (χ0n) is 15.2. The minimum absolute atomic E-state index is 0.156. The Kier molecular flexibility index (Phi) is 9.61. The van der Waals surface area contributed by atoms with Crippen LogP contribution in [0.15, 0.2) is 18.2 Å². The molecule has 23 heavy (non-hydrogen) atoms. The standard InChI is InChI=1S/C20H32O3/c1-5-8-11-19(15-22-4)23-20(21)18-13-16(9-6-2)12-17(14-18)10-7-3/h12-14,19H,5-11,15H2,1-4H3. The van der Waals surface area contributed by atoms with Crippen molar-refractivity contribution in [3.63, 3.8) is 0 Å². The van der Waals surface area contributed by atoms with E-state index in [1.54, 1.807) is 7.11 Å². The lowest BCUT2D eigenvalue weighted by molar-refractivity contribution is 0.00249. The zero-order chi connectivity index (χ0) is 17.1. The van der Waals surface area contributed by atoms with Crippen LogP contribution >= 0.6 is 0 Å². The predicted molar refractivity (Wildman–Crippen MR) is 95.0 cm³/mol. The summed E-state index contributed by atoms with van der Waals surface area (Å²) < 4.78 is 10.9. The Bertz CT molecular complexity index is 444. The van der Waals surface area contributed by atoms with Crippen LogP contribution in [-0.4, -0.2) is 25.8 Å². The molecule has 1 unspecified atom stereocenters. The van der Waals surface area contributed by atoms with Crippen molar-refractivity contribution in [3.8, 4) is 0 Å². The van der Waals surface area contributed by atoms with Crippen LogP contribution in [0.3, 0.4) is 0 Å². The van der Waals surface area contributed by atoms with Crippen molar-refractivity contribution in [2.45, 2.75) is 71.8 Å². The number of ether oxygens (including phenoxy) is 2. The van der Waals surface area contributed by atoms with Gasteiger partial charge in [0.15, 0.2) is 0 Å².